The first-order chi connectivity index (χ1) is 6.26. The number of ether oxygens (including phenoxy) is 1. The zero-order chi connectivity index (χ0) is 9.68. The van der Waals surface area contributed by atoms with Crippen molar-refractivity contribution in [2.45, 2.75) is 6.92 Å². The molecule has 1 aromatic rings. The van der Waals surface area contributed by atoms with Crippen LogP contribution in [0.25, 0.3) is 6.08 Å². The molecule has 1 aromatic carbocycles. The molecule has 0 unspecified atom stereocenters. The number of benzene rings is 1. The maximum Gasteiger partial charge on any atom is 0.145 e. The number of hydrogen-bond acceptors (Lipinski definition) is 2. The average Bonchev–Trinajstić information content (AvgIpc) is 2.18. The molecule has 0 saturated carbocycles. The van der Waals surface area contributed by atoms with Crippen LogP contribution in [-0.4, -0.2) is 13.4 Å². The Bertz CT molecular complexity index is 327. The zero-order valence-corrected chi connectivity index (χ0v) is 7.78. The van der Waals surface area contributed by atoms with Crippen molar-refractivity contribution < 1.29 is 9.53 Å². The number of carbonyl (C=O) groups excluding carboxylic acids is 1. The number of carbonyl (C=O) groups is 1. The van der Waals surface area contributed by atoms with Crippen molar-refractivity contribution in [1.29, 1.82) is 0 Å². The van der Waals surface area contributed by atoms with Gasteiger partial charge in [-0.2, -0.15) is 0 Å². The molecule has 0 heterocycles. The minimum atomic E-state index is 0.702. The summed E-state index contributed by atoms with van der Waals surface area (Å²) in [5, 5.41) is 0. The lowest BCUT2D eigenvalue weighted by Gasteiger charge is -2.00. The van der Waals surface area contributed by atoms with Crippen LogP contribution in [0.4, 0.5) is 0 Å². The SMILES string of the molecule is COc1cccc(C=C(C)C=O)c1. The average molecular weight is 176 g/mol. The van der Waals surface area contributed by atoms with Gasteiger partial charge in [-0.3, -0.25) is 4.79 Å². The molecule has 0 spiro atoms. The summed E-state index contributed by atoms with van der Waals surface area (Å²) < 4.78 is 5.05. The molecule has 13 heavy (non-hydrogen) atoms. The second-order valence-electron chi connectivity index (χ2n) is 2.78. The van der Waals surface area contributed by atoms with Crippen LogP contribution in [-0.2, 0) is 4.79 Å². The molecular formula is C11H12O2. The molecule has 1 rings (SSSR count). The molecule has 0 saturated heterocycles. The van der Waals surface area contributed by atoms with Gasteiger partial charge in [0.1, 0.15) is 12.0 Å². The van der Waals surface area contributed by atoms with Gasteiger partial charge in [0.05, 0.1) is 7.11 Å². The predicted molar refractivity (Wildman–Crippen MR) is 52.7 cm³/mol. The van der Waals surface area contributed by atoms with E-state index in [2.05, 4.69) is 0 Å². The lowest BCUT2D eigenvalue weighted by atomic mass is 10.1. The molecule has 0 N–H and O–H groups in total. The van der Waals surface area contributed by atoms with E-state index >= 15 is 0 Å². The first-order valence-corrected chi connectivity index (χ1v) is 4.04. The summed E-state index contributed by atoms with van der Waals surface area (Å²) in [7, 11) is 1.62. The van der Waals surface area contributed by atoms with Crippen LogP contribution in [0.3, 0.4) is 0 Å². The quantitative estimate of drug-likeness (QED) is 0.521. The third-order valence-corrected chi connectivity index (χ3v) is 1.67. The first kappa shape index (κ1) is 9.52. The molecule has 68 valence electrons. The van der Waals surface area contributed by atoms with Crippen molar-refractivity contribution in [2.75, 3.05) is 7.11 Å². The second kappa shape index (κ2) is 4.45. The molecule has 0 radical (unpaired) electrons. The van der Waals surface area contributed by atoms with E-state index in [1.165, 1.54) is 0 Å². The van der Waals surface area contributed by atoms with Gasteiger partial charge in [0, 0.05) is 0 Å². The topological polar surface area (TPSA) is 26.3 Å². The zero-order valence-electron chi connectivity index (χ0n) is 7.78. The highest BCUT2D eigenvalue weighted by Crippen LogP contribution is 2.14. The van der Waals surface area contributed by atoms with Crippen LogP contribution in [0.2, 0.25) is 0 Å². The van der Waals surface area contributed by atoms with Crippen LogP contribution >= 0.6 is 0 Å². The van der Waals surface area contributed by atoms with Crippen LogP contribution < -0.4 is 4.74 Å². The summed E-state index contributed by atoms with van der Waals surface area (Å²) >= 11 is 0. The number of allylic oxidation sites excluding steroid dienone is 1. The fourth-order valence-corrected chi connectivity index (χ4v) is 1.03. The van der Waals surface area contributed by atoms with Crippen LogP contribution in [0.1, 0.15) is 12.5 Å². The largest absolute Gasteiger partial charge is 0.497 e. The summed E-state index contributed by atoms with van der Waals surface area (Å²) in [4.78, 5) is 10.4. The van der Waals surface area contributed by atoms with E-state index < -0.39 is 0 Å². The van der Waals surface area contributed by atoms with E-state index in [0.717, 1.165) is 17.6 Å². The maximum atomic E-state index is 10.4. The van der Waals surface area contributed by atoms with Gasteiger partial charge >= 0.3 is 0 Å². The predicted octanol–water partition coefficient (Wildman–Crippen LogP) is 2.30. The van der Waals surface area contributed by atoms with Gasteiger partial charge in [0.2, 0.25) is 0 Å². The summed E-state index contributed by atoms with van der Waals surface area (Å²) in [5.74, 6) is 0.799. The minimum absolute atomic E-state index is 0.702. The molecular weight excluding hydrogens is 164 g/mol. The van der Waals surface area contributed by atoms with Crippen molar-refractivity contribution in [3.05, 3.63) is 35.4 Å². The Balaban J connectivity index is 2.95. The van der Waals surface area contributed by atoms with Gasteiger partial charge in [0.15, 0.2) is 0 Å². The fraction of sp³-hybridized carbons (Fsp3) is 0.182. The van der Waals surface area contributed by atoms with Gasteiger partial charge < -0.3 is 4.74 Å². The Morgan fingerprint density at radius 1 is 1.46 bits per heavy atom. The summed E-state index contributed by atoms with van der Waals surface area (Å²) in [6, 6.07) is 7.57. The highest BCUT2D eigenvalue weighted by atomic mass is 16.5. The Kier molecular flexibility index (Phi) is 3.26. The fourth-order valence-electron chi connectivity index (χ4n) is 1.03. The molecule has 2 nitrogen and oxygen atoms in total. The number of methoxy groups -OCH3 is 1. The number of rotatable bonds is 3. The van der Waals surface area contributed by atoms with Gasteiger partial charge in [-0.05, 0) is 36.3 Å². The van der Waals surface area contributed by atoms with E-state index in [1.807, 2.05) is 30.3 Å². The Labute approximate surface area is 77.8 Å². The van der Waals surface area contributed by atoms with Gasteiger partial charge in [-0.25, -0.2) is 0 Å². The minimum Gasteiger partial charge on any atom is -0.497 e. The molecule has 0 aromatic heterocycles. The van der Waals surface area contributed by atoms with Crippen LogP contribution in [0.5, 0.6) is 5.75 Å². The van der Waals surface area contributed by atoms with Gasteiger partial charge in [-0.1, -0.05) is 12.1 Å². The highest BCUT2D eigenvalue weighted by molar-refractivity contribution is 5.80. The standard InChI is InChI=1S/C11H12O2/c1-9(8-12)6-10-4-3-5-11(7-10)13-2/h3-8H,1-2H3. The summed E-state index contributed by atoms with van der Waals surface area (Å²) in [6.07, 6.45) is 2.65. The van der Waals surface area contributed by atoms with Crippen molar-refractivity contribution in [3.8, 4) is 5.75 Å². The van der Waals surface area contributed by atoms with Crippen LogP contribution in [0.15, 0.2) is 29.8 Å². The van der Waals surface area contributed by atoms with E-state index in [4.69, 9.17) is 4.74 Å². The monoisotopic (exact) mass is 176 g/mol. The molecule has 0 aliphatic carbocycles. The van der Waals surface area contributed by atoms with E-state index in [-0.39, 0.29) is 0 Å². The second-order valence-corrected chi connectivity index (χ2v) is 2.78. The first-order valence-electron chi connectivity index (χ1n) is 4.04. The van der Waals surface area contributed by atoms with Crippen molar-refractivity contribution in [2.24, 2.45) is 0 Å². The maximum absolute atomic E-state index is 10.4. The van der Waals surface area contributed by atoms with Gasteiger partial charge in [0.25, 0.3) is 0 Å². The third-order valence-electron chi connectivity index (χ3n) is 1.67. The third kappa shape index (κ3) is 2.75. The Morgan fingerprint density at radius 2 is 2.23 bits per heavy atom. The Morgan fingerprint density at radius 3 is 2.85 bits per heavy atom. The smallest absolute Gasteiger partial charge is 0.145 e. The molecule has 2 heteroatoms. The van der Waals surface area contributed by atoms with Crippen LogP contribution in [0, 0.1) is 0 Å². The lowest BCUT2D eigenvalue weighted by molar-refractivity contribution is -0.104. The molecule has 0 aliphatic rings. The summed E-state index contributed by atoms with van der Waals surface area (Å²) in [6.45, 7) is 1.77. The normalized spacial score (nSPS) is 11.1. The van der Waals surface area contributed by atoms with Crippen molar-refractivity contribution >= 4 is 12.4 Å². The number of hydrogen-bond donors (Lipinski definition) is 0. The van der Waals surface area contributed by atoms with Crippen molar-refractivity contribution in [1.82, 2.24) is 0 Å². The molecule has 0 bridgehead atoms. The van der Waals surface area contributed by atoms with E-state index in [9.17, 15) is 4.79 Å². The Hall–Kier alpha value is -1.57. The molecule has 0 amide bonds. The van der Waals surface area contributed by atoms with Crippen molar-refractivity contribution in [3.63, 3.8) is 0 Å². The molecule has 0 fully saturated rings. The number of aldehydes is 1. The van der Waals surface area contributed by atoms with E-state index in [1.54, 1.807) is 14.0 Å². The summed E-state index contributed by atoms with van der Waals surface area (Å²) in [5.41, 5.74) is 1.68. The lowest BCUT2D eigenvalue weighted by Crippen LogP contribution is -1.83. The molecule has 0 atom stereocenters. The van der Waals surface area contributed by atoms with E-state index in [0.29, 0.717) is 5.57 Å². The highest BCUT2D eigenvalue weighted by Gasteiger charge is 1.92. The van der Waals surface area contributed by atoms with Gasteiger partial charge in [-0.15, -0.1) is 0 Å². The molecule has 0 aliphatic heterocycles.